The molecule has 82 valence electrons. The highest BCUT2D eigenvalue weighted by atomic mass is 16.5. The number of rotatable bonds is 6. The zero-order chi connectivity index (χ0) is 11.1. The van der Waals surface area contributed by atoms with Gasteiger partial charge in [0.2, 0.25) is 0 Å². The van der Waals surface area contributed by atoms with Gasteiger partial charge in [0, 0.05) is 5.56 Å². The third kappa shape index (κ3) is 3.01. The molecule has 1 aromatic carbocycles. The van der Waals surface area contributed by atoms with E-state index in [0.29, 0.717) is 13.2 Å². The van der Waals surface area contributed by atoms with Crippen LogP contribution in [0.1, 0.15) is 19.4 Å². The summed E-state index contributed by atoms with van der Waals surface area (Å²) in [6, 6.07) is 5.95. The lowest BCUT2D eigenvalue weighted by atomic mass is 10.1. The van der Waals surface area contributed by atoms with Gasteiger partial charge in [0.25, 0.3) is 0 Å². The fraction of sp³-hybridized carbons (Fsp3) is 0.385. The number of hydrogen-bond acceptors (Lipinski definition) is 2. The third-order valence-electron chi connectivity index (χ3n) is 2.01. The molecule has 0 bridgehead atoms. The zero-order valence-corrected chi connectivity index (χ0v) is 9.45. The van der Waals surface area contributed by atoms with Crippen LogP contribution in [-0.2, 0) is 6.42 Å². The molecule has 0 saturated carbocycles. The average molecular weight is 206 g/mol. The van der Waals surface area contributed by atoms with Gasteiger partial charge >= 0.3 is 0 Å². The minimum atomic E-state index is 0.647. The minimum Gasteiger partial charge on any atom is -0.490 e. The summed E-state index contributed by atoms with van der Waals surface area (Å²) in [7, 11) is 0. The number of para-hydroxylation sites is 1. The van der Waals surface area contributed by atoms with E-state index in [2.05, 4.69) is 6.58 Å². The van der Waals surface area contributed by atoms with Crippen LogP contribution in [0.25, 0.3) is 0 Å². The molecule has 0 aromatic heterocycles. The van der Waals surface area contributed by atoms with Crippen molar-refractivity contribution in [1.82, 2.24) is 0 Å². The van der Waals surface area contributed by atoms with Gasteiger partial charge in [-0.15, -0.1) is 6.58 Å². The van der Waals surface area contributed by atoms with Crippen LogP contribution in [-0.4, -0.2) is 13.2 Å². The molecule has 0 aliphatic heterocycles. The Kier molecular flexibility index (Phi) is 4.75. The third-order valence-corrected chi connectivity index (χ3v) is 2.01. The van der Waals surface area contributed by atoms with Crippen molar-refractivity contribution in [2.45, 2.75) is 20.3 Å². The first-order chi connectivity index (χ1) is 7.33. The van der Waals surface area contributed by atoms with E-state index in [0.717, 1.165) is 23.5 Å². The van der Waals surface area contributed by atoms with E-state index in [-0.39, 0.29) is 0 Å². The molecule has 0 unspecified atom stereocenters. The molecule has 0 aliphatic carbocycles. The Morgan fingerprint density at radius 3 is 2.53 bits per heavy atom. The van der Waals surface area contributed by atoms with Crippen LogP contribution in [0.15, 0.2) is 30.9 Å². The lowest BCUT2D eigenvalue weighted by Gasteiger charge is -2.13. The van der Waals surface area contributed by atoms with Gasteiger partial charge in [-0.3, -0.25) is 0 Å². The van der Waals surface area contributed by atoms with E-state index in [1.54, 1.807) is 0 Å². The monoisotopic (exact) mass is 206 g/mol. The number of allylic oxidation sites excluding steroid dienone is 1. The molecule has 0 atom stereocenters. The highest BCUT2D eigenvalue weighted by Crippen LogP contribution is 2.31. The Morgan fingerprint density at radius 1 is 1.20 bits per heavy atom. The number of hydrogen-bond donors (Lipinski definition) is 0. The van der Waals surface area contributed by atoms with Crippen molar-refractivity contribution >= 4 is 0 Å². The predicted molar refractivity (Wildman–Crippen MR) is 62.7 cm³/mol. The quantitative estimate of drug-likeness (QED) is 0.665. The Balaban J connectivity index is 3.02. The van der Waals surface area contributed by atoms with Crippen molar-refractivity contribution in [3.05, 3.63) is 36.4 Å². The van der Waals surface area contributed by atoms with E-state index in [1.807, 2.05) is 38.1 Å². The molecule has 0 aliphatic rings. The summed E-state index contributed by atoms with van der Waals surface area (Å²) in [5, 5.41) is 0. The Morgan fingerprint density at radius 2 is 1.93 bits per heavy atom. The van der Waals surface area contributed by atoms with Crippen LogP contribution < -0.4 is 9.47 Å². The molecular weight excluding hydrogens is 188 g/mol. The second-order valence-electron chi connectivity index (χ2n) is 3.10. The molecule has 15 heavy (non-hydrogen) atoms. The second-order valence-corrected chi connectivity index (χ2v) is 3.10. The molecule has 0 amide bonds. The molecule has 0 fully saturated rings. The van der Waals surface area contributed by atoms with Gasteiger partial charge in [0.15, 0.2) is 11.5 Å². The first-order valence-electron chi connectivity index (χ1n) is 5.31. The molecule has 0 spiro atoms. The van der Waals surface area contributed by atoms with E-state index in [1.165, 1.54) is 0 Å². The Hall–Kier alpha value is -1.44. The van der Waals surface area contributed by atoms with Gasteiger partial charge in [0.05, 0.1) is 13.2 Å². The van der Waals surface area contributed by atoms with Crippen molar-refractivity contribution in [3.8, 4) is 11.5 Å². The molecule has 2 heteroatoms. The maximum absolute atomic E-state index is 5.60. The van der Waals surface area contributed by atoms with Crippen molar-refractivity contribution in [2.75, 3.05) is 13.2 Å². The van der Waals surface area contributed by atoms with Gasteiger partial charge < -0.3 is 9.47 Å². The second kappa shape index (κ2) is 6.12. The average Bonchev–Trinajstić information content (AvgIpc) is 2.23. The first-order valence-corrected chi connectivity index (χ1v) is 5.31. The summed E-state index contributed by atoms with van der Waals surface area (Å²) in [5.74, 6) is 1.67. The molecule has 2 nitrogen and oxygen atoms in total. The van der Waals surface area contributed by atoms with Gasteiger partial charge in [-0.05, 0) is 26.3 Å². The number of ether oxygens (including phenoxy) is 2. The predicted octanol–water partition coefficient (Wildman–Crippen LogP) is 3.21. The fourth-order valence-corrected chi connectivity index (χ4v) is 1.45. The molecule has 0 N–H and O–H groups in total. The topological polar surface area (TPSA) is 18.5 Å². The maximum Gasteiger partial charge on any atom is 0.164 e. The van der Waals surface area contributed by atoms with E-state index in [9.17, 15) is 0 Å². The molecule has 1 aromatic rings. The molecule has 0 heterocycles. The molecular formula is C13H18O2. The first kappa shape index (κ1) is 11.6. The van der Waals surface area contributed by atoms with Gasteiger partial charge in [0.1, 0.15) is 0 Å². The summed E-state index contributed by atoms with van der Waals surface area (Å²) in [6.45, 7) is 8.97. The summed E-state index contributed by atoms with van der Waals surface area (Å²) >= 11 is 0. The SMILES string of the molecule is C=CCc1cccc(OCC)c1OCC. The fourth-order valence-electron chi connectivity index (χ4n) is 1.45. The smallest absolute Gasteiger partial charge is 0.164 e. The maximum atomic E-state index is 5.60. The van der Waals surface area contributed by atoms with Gasteiger partial charge in [-0.25, -0.2) is 0 Å². The van der Waals surface area contributed by atoms with Crippen LogP contribution in [0.5, 0.6) is 11.5 Å². The highest BCUT2D eigenvalue weighted by Gasteiger charge is 2.08. The highest BCUT2D eigenvalue weighted by molar-refractivity contribution is 5.47. The molecule has 0 radical (unpaired) electrons. The van der Waals surface area contributed by atoms with Crippen LogP contribution >= 0.6 is 0 Å². The van der Waals surface area contributed by atoms with E-state index in [4.69, 9.17) is 9.47 Å². The minimum absolute atomic E-state index is 0.647. The number of benzene rings is 1. The largest absolute Gasteiger partial charge is 0.490 e. The van der Waals surface area contributed by atoms with Crippen LogP contribution in [0.2, 0.25) is 0 Å². The summed E-state index contributed by atoms with van der Waals surface area (Å²) in [6.07, 6.45) is 2.67. The molecule has 0 saturated heterocycles. The Bertz CT molecular complexity index is 318. The standard InChI is InChI=1S/C13H18O2/c1-4-8-11-9-7-10-12(14-5-2)13(11)15-6-3/h4,7,9-10H,1,5-6,8H2,2-3H3. The van der Waals surface area contributed by atoms with Crippen LogP contribution in [0.3, 0.4) is 0 Å². The molecule has 1 rings (SSSR count). The van der Waals surface area contributed by atoms with Crippen molar-refractivity contribution < 1.29 is 9.47 Å². The Labute approximate surface area is 91.5 Å². The summed E-state index contributed by atoms with van der Waals surface area (Å²) in [4.78, 5) is 0. The van der Waals surface area contributed by atoms with Crippen molar-refractivity contribution in [2.24, 2.45) is 0 Å². The van der Waals surface area contributed by atoms with E-state index < -0.39 is 0 Å². The van der Waals surface area contributed by atoms with Crippen molar-refractivity contribution in [3.63, 3.8) is 0 Å². The van der Waals surface area contributed by atoms with Gasteiger partial charge in [-0.1, -0.05) is 18.2 Å². The normalized spacial score (nSPS) is 9.73. The van der Waals surface area contributed by atoms with Crippen LogP contribution in [0.4, 0.5) is 0 Å². The lowest BCUT2D eigenvalue weighted by molar-refractivity contribution is 0.286. The zero-order valence-electron chi connectivity index (χ0n) is 9.45. The van der Waals surface area contributed by atoms with Crippen molar-refractivity contribution in [1.29, 1.82) is 0 Å². The van der Waals surface area contributed by atoms with E-state index >= 15 is 0 Å². The summed E-state index contributed by atoms with van der Waals surface area (Å²) < 4.78 is 11.1. The van der Waals surface area contributed by atoms with Crippen LogP contribution in [0, 0.1) is 0 Å². The summed E-state index contributed by atoms with van der Waals surface area (Å²) in [5.41, 5.74) is 1.12. The van der Waals surface area contributed by atoms with Gasteiger partial charge in [-0.2, -0.15) is 0 Å². The lowest BCUT2D eigenvalue weighted by Crippen LogP contribution is -2.01.